The van der Waals surface area contributed by atoms with Crippen LogP contribution >= 0.6 is 0 Å². The number of carbonyl (C=O) groups excluding carboxylic acids is 1. The first-order chi connectivity index (χ1) is 13.2. The maximum absolute atomic E-state index is 12.1. The van der Waals surface area contributed by atoms with Crippen LogP contribution in [-0.2, 0) is 9.47 Å². The lowest BCUT2D eigenvalue weighted by molar-refractivity contribution is 0.0515. The second-order valence-corrected chi connectivity index (χ2v) is 6.49. The van der Waals surface area contributed by atoms with Gasteiger partial charge in [-0.3, -0.25) is 9.88 Å². The van der Waals surface area contributed by atoms with Crippen molar-refractivity contribution in [2.75, 3.05) is 27.1 Å². The number of hydrogen-bond donors (Lipinski definition) is 0. The Morgan fingerprint density at radius 3 is 2.85 bits per heavy atom. The normalized spacial score (nSPS) is 16.4. The molecule has 0 bridgehead atoms. The molecule has 2 aromatic rings. The van der Waals surface area contributed by atoms with Crippen molar-refractivity contribution in [2.45, 2.75) is 32.2 Å². The van der Waals surface area contributed by atoms with Crippen molar-refractivity contribution in [3.63, 3.8) is 0 Å². The number of nitrogens with zero attached hydrogens (tertiary/aromatic N) is 2. The Labute approximate surface area is 160 Å². The molecule has 1 aliphatic heterocycles. The van der Waals surface area contributed by atoms with Gasteiger partial charge in [-0.05, 0) is 30.7 Å². The molecule has 0 aliphatic carbocycles. The van der Waals surface area contributed by atoms with E-state index in [2.05, 4.69) is 6.92 Å². The van der Waals surface area contributed by atoms with Gasteiger partial charge in [-0.2, -0.15) is 0 Å². The molecule has 0 saturated carbocycles. The Hall–Kier alpha value is -2.60. The number of benzene rings is 1. The minimum atomic E-state index is -0.257. The number of para-hydroxylation sites is 1. The standard InChI is InChI=1S/C21H26N2O4/c1-3-4-7-13-23-19(14-26-21(23)24)18-11-8-10-17(22-18)16-9-5-6-12-20(16)27-15-25-2/h5-6,8-12,19H,3-4,7,13-15H2,1-2H3/t19-/m1/s1. The minimum Gasteiger partial charge on any atom is -0.467 e. The zero-order valence-corrected chi connectivity index (χ0v) is 15.9. The second kappa shape index (κ2) is 9.37. The van der Waals surface area contributed by atoms with Gasteiger partial charge >= 0.3 is 6.09 Å². The molecule has 0 radical (unpaired) electrons. The van der Waals surface area contributed by atoms with E-state index in [4.69, 9.17) is 19.2 Å². The molecule has 144 valence electrons. The van der Waals surface area contributed by atoms with Crippen LogP contribution in [0.15, 0.2) is 42.5 Å². The largest absolute Gasteiger partial charge is 0.467 e. The molecule has 1 aromatic carbocycles. The lowest BCUT2D eigenvalue weighted by Gasteiger charge is -2.21. The summed E-state index contributed by atoms with van der Waals surface area (Å²) in [7, 11) is 1.59. The van der Waals surface area contributed by atoms with Gasteiger partial charge in [0.05, 0.1) is 11.4 Å². The monoisotopic (exact) mass is 370 g/mol. The maximum Gasteiger partial charge on any atom is 0.410 e. The molecular formula is C21H26N2O4. The average molecular weight is 370 g/mol. The predicted octanol–water partition coefficient (Wildman–Crippen LogP) is 4.41. The smallest absolute Gasteiger partial charge is 0.410 e. The Morgan fingerprint density at radius 1 is 1.19 bits per heavy atom. The molecule has 1 aromatic heterocycles. The SMILES string of the molecule is CCCCCN1C(=O)OC[C@@H]1c1cccc(-c2ccccc2OCOC)n1. The number of hydrogen-bond acceptors (Lipinski definition) is 5. The van der Waals surface area contributed by atoms with Crippen LogP contribution in [0.5, 0.6) is 5.75 Å². The Balaban J connectivity index is 1.84. The first-order valence-electron chi connectivity index (χ1n) is 9.36. The van der Waals surface area contributed by atoms with E-state index in [1.165, 1.54) is 0 Å². The third-order valence-electron chi connectivity index (χ3n) is 4.59. The number of aromatic nitrogens is 1. The molecule has 1 atom stereocenters. The molecule has 27 heavy (non-hydrogen) atoms. The van der Waals surface area contributed by atoms with Crippen LogP contribution in [-0.4, -0.2) is 43.0 Å². The van der Waals surface area contributed by atoms with E-state index < -0.39 is 0 Å². The van der Waals surface area contributed by atoms with E-state index in [0.29, 0.717) is 18.9 Å². The van der Waals surface area contributed by atoms with Gasteiger partial charge in [0.2, 0.25) is 0 Å². The van der Waals surface area contributed by atoms with E-state index in [-0.39, 0.29) is 18.9 Å². The Kier molecular flexibility index (Phi) is 6.65. The van der Waals surface area contributed by atoms with Gasteiger partial charge in [0, 0.05) is 19.2 Å². The third kappa shape index (κ3) is 4.57. The van der Waals surface area contributed by atoms with Crippen molar-refractivity contribution in [1.82, 2.24) is 9.88 Å². The van der Waals surface area contributed by atoms with E-state index in [9.17, 15) is 4.79 Å². The summed E-state index contributed by atoms with van der Waals surface area (Å²) >= 11 is 0. The van der Waals surface area contributed by atoms with Crippen molar-refractivity contribution >= 4 is 6.09 Å². The van der Waals surface area contributed by atoms with Gasteiger partial charge in [-0.1, -0.05) is 38.0 Å². The van der Waals surface area contributed by atoms with E-state index in [0.717, 1.165) is 36.2 Å². The summed E-state index contributed by atoms with van der Waals surface area (Å²) in [5.74, 6) is 0.711. The summed E-state index contributed by atoms with van der Waals surface area (Å²) in [6.07, 6.45) is 2.91. The Morgan fingerprint density at radius 2 is 2.04 bits per heavy atom. The van der Waals surface area contributed by atoms with Crippen LogP contribution < -0.4 is 4.74 Å². The van der Waals surface area contributed by atoms with Gasteiger partial charge in [-0.15, -0.1) is 0 Å². The zero-order chi connectivity index (χ0) is 19.1. The van der Waals surface area contributed by atoms with E-state index in [1.54, 1.807) is 12.0 Å². The molecule has 6 heteroatoms. The number of pyridine rings is 1. The summed E-state index contributed by atoms with van der Waals surface area (Å²) in [5, 5.41) is 0. The number of ether oxygens (including phenoxy) is 3. The fraction of sp³-hybridized carbons (Fsp3) is 0.429. The summed E-state index contributed by atoms with van der Waals surface area (Å²) in [6, 6.07) is 13.4. The third-order valence-corrected chi connectivity index (χ3v) is 4.59. The van der Waals surface area contributed by atoms with Gasteiger partial charge in [0.15, 0.2) is 6.79 Å². The summed E-state index contributed by atoms with van der Waals surface area (Å²) in [4.78, 5) is 18.7. The molecule has 0 spiro atoms. The molecule has 0 unspecified atom stereocenters. The minimum absolute atomic E-state index is 0.152. The van der Waals surface area contributed by atoms with E-state index >= 15 is 0 Å². The van der Waals surface area contributed by atoms with E-state index in [1.807, 2.05) is 42.5 Å². The van der Waals surface area contributed by atoms with Crippen LogP contribution in [0, 0.1) is 0 Å². The van der Waals surface area contributed by atoms with Gasteiger partial charge < -0.3 is 14.2 Å². The van der Waals surface area contributed by atoms with Crippen LogP contribution in [0.3, 0.4) is 0 Å². The first kappa shape index (κ1) is 19.2. The number of methoxy groups -OCH3 is 1. The lowest BCUT2D eigenvalue weighted by atomic mass is 10.1. The molecule has 1 fully saturated rings. The van der Waals surface area contributed by atoms with Crippen molar-refractivity contribution in [1.29, 1.82) is 0 Å². The highest BCUT2D eigenvalue weighted by Gasteiger charge is 2.34. The van der Waals surface area contributed by atoms with Crippen LogP contribution in [0.25, 0.3) is 11.3 Å². The highest BCUT2D eigenvalue weighted by atomic mass is 16.7. The van der Waals surface area contributed by atoms with Gasteiger partial charge in [0.25, 0.3) is 0 Å². The lowest BCUT2D eigenvalue weighted by Crippen LogP contribution is -2.29. The number of amides is 1. The van der Waals surface area contributed by atoms with Crippen molar-refractivity contribution < 1.29 is 19.0 Å². The second-order valence-electron chi connectivity index (χ2n) is 6.49. The highest BCUT2D eigenvalue weighted by molar-refractivity contribution is 5.71. The molecule has 3 rings (SSSR count). The van der Waals surface area contributed by atoms with Gasteiger partial charge in [-0.25, -0.2) is 4.79 Å². The van der Waals surface area contributed by atoms with Crippen LogP contribution in [0.1, 0.15) is 37.9 Å². The molecular weight excluding hydrogens is 344 g/mol. The molecule has 6 nitrogen and oxygen atoms in total. The molecule has 0 N–H and O–H groups in total. The molecule has 1 aliphatic rings. The summed E-state index contributed by atoms with van der Waals surface area (Å²) in [5.41, 5.74) is 2.52. The van der Waals surface area contributed by atoms with Crippen molar-refractivity contribution in [3.05, 3.63) is 48.2 Å². The van der Waals surface area contributed by atoms with Crippen LogP contribution in [0.2, 0.25) is 0 Å². The Bertz CT molecular complexity index is 765. The molecule has 1 saturated heterocycles. The topological polar surface area (TPSA) is 60.9 Å². The zero-order valence-electron chi connectivity index (χ0n) is 15.9. The highest BCUT2D eigenvalue weighted by Crippen LogP contribution is 2.32. The maximum atomic E-state index is 12.1. The number of cyclic esters (lactones) is 1. The quantitative estimate of drug-likeness (QED) is 0.483. The fourth-order valence-corrected chi connectivity index (χ4v) is 3.19. The number of carbonyl (C=O) groups is 1. The molecule has 1 amide bonds. The van der Waals surface area contributed by atoms with Crippen molar-refractivity contribution in [2.24, 2.45) is 0 Å². The van der Waals surface area contributed by atoms with Crippen molar-refractivity contribution in [3.8, 4) is 17.0 Å². The first-order valence-corrected chi connectivity index (χ1v) is 9.36. The predicted molar refractivity (Wildman–Crippen MR) is 102 cm³/mol. The fourth-order valence-electron chi connectivity index (χ4n) is 3.19. The average Bonchev–Trinajstić information content (AvgIpc) is 3.07. The summed E-state index contributed by atoms with van der Waals surface area (Å²) < 4.78 is 16.0. The number of rotatable bonds is 9. The van der Waals surface area contributed by atoms with Crippen LogP contribution in [0.4, 0.5) is 4.79 Å². The molecule has 2 heterocycles. The van der Waals surface area contributed by atoms with Gasteiger partial charge in [0.1, 0.15) is 18.4 Å². The number of unbranched alkanes of at least 4 members (excludes halogenated alkanes) is 2. The summed E-state index contributed by atoms with van der Waals surface area (Å²) in [6.45, 7) is 3.35.